The van der Waals surface area contributed by atoms with Crippen LogP contribution in [0.25, 0.3) is 0 Å². The molecule has 1 N–H and O–H groups in total. The minimum atomic E-state index is -4.66. The predicted octanol–water partition coefficient (Wildman–Crippen LogP) is 3.05. The molecule has 1 aromatic rings. The van der Waals surface area contributed by atoms with Gasteiger partial charge >= 0.3 is 6.18 Å². The van der Waals surface area contributed by atoms with Crippen LogP contribution in [0.1, 0.15) is 44.6 Å². The van der Waals surface area contributed by atoms with E-state index >= 15 is 0 Å². The van der Waals surface area contributed by atoms with E-state index in [4.69, 9.17) is 9.57 Å². The monoisotopic (exact) mass is 448 g/mol. The normalized spacial score (nSPS) is 25.3. The molecule has 1 aliphatic carbocycles. The molecule has 30 heavy (non-hydrogen) atoms. The summed E-state index contributed by atoms with van der Waals surface area (Å²) in [4.78, 5) is 17.0. The minimum Gasteiger partial charge on any atom is -0.391 e. The molecule has 0 radical (unpaired) electrons. The number of nitrogens with one attached hydrogen (secondary N) is 1. The zero-order valence-electron chi connectivity index (χ0n) is 16.3. The van der Waals surface area contributed by atoms with Crippen LogP contribution >= 0.6 is 0 Å². The van der Waals surface area contributed by atoms with Gasteiger partial charge in [-0.25, -0.2) is 8.42 Å². The maximum Gasteiger partial charge on any atom is 0.416 e. The van der Waals surface area contributed by atoms with Crippen molar-refractivity contribution in [2.45, 2.75) is 67.1 Å². The van der Waals surface area contributed by atoms with Crippen LogP contribution in [0.15, 0.2) is 34.3 Å². The lowest BCUT2D eigenvalue weighted by molar-refractivity contribution is -0.137. The molecule has 2 fully saturated rings. The number of amides is 1. The summed E-state index contributed by atoms with van der Waals surface area (Å²) in [5, 5.41) is 6.01. The molecular formula is C19H23F3N2O5S. The highest BCUT2D eigenvalue weighted by Gasteiger charge is 2.49. The number of rotatable bonds is 7. The van der Waals surface area contributed by atoms with E-state index in [1.807, 2.05) is 0 Å². The molecule has 0 spiro atoms. The molecule has 1 aliphatic heterocycles. The molecule has 0 aromatic heterocycles. The second-order valence-electron chi connectivity index (χ2n) is 7.43. The van der Waals surface area contributed by atoms with Crippen molar-refractivity contribution < 1.29 is 36.0 Å². The predicted molar refractivity (Wildman–Crippen MR) is 101 cm³/mol. The van der Waals surface area contributed by atoms with Crippen LogP contribution in [-0.4, -0.2) is 44.2 Å². The molecule has 2 unspecified atom stereocenters. The topological polar surface area (TPSA) is 94.1 Å². The van der Waals surface area contributed by atoms with E-state index in [0.29, 0.717) is 6.07 Å². The van der Waals surface area contributed by atoms with E-state index < -0.39 is 43.2 Å². The fraction of sp³-hybridized carbons (Fsp3) is 0.579. The molecule has 1 amide bonds. The molecule has 3 rings (SSSR count). The molecule has 1 saturated heterocycles. The van der Waals surface area contributed by atoms with E-state index in [9.17, 15) is 26.4 Å². The zero-order chi connectivity index (χ0) is 22.0. The third-order valence-corrected chi connectivity index (χ3v) is 8.08. The Morgan fingerprint density at radius 1 is 1.40 bits per heavy atom. The van der Waals surface area contributed by atoms with Gasteiger partial charge in [-0.05, 0) is 43.9 Å². The fourth-order valence-electron chi connectivity index (χ4n) is 3.37. The van der Waals surface area contributed by atoms with Crippen molar-refractivity contribution in [1.29, 1.82) is 0 Å². The first-order valence-electron chi connectivity index (χ1n) is 9.60. The number of hydrogen-bond donors (Lipinski definition) is 1. The molecule has 1 heterocycles. The Morgan fingerprint density at radius 3 is 2.77 bits per heavy atom. The summed E-state index contributed by atoms with van der Waals surface area (Å²) < 4.78 is 69.8. The summed E-state index contributed by atoms with van der Waals surface area (Å²) >= 11 is 0. The summed E-state index contributed by atoms with van der Waals surface area (Å²) in [7, 11) is -4.17. The number of carbonyl (C=O) groups is 1. The number of halogens is 3. The highest BCUT2D eigenvalue weighted by Crippen LogP contribution is 2.41. The van der Waals surface area contributed by atoms with Crippen molar-refractivity contribution in [3.63, 3.8) is 0 Å². The van der Waals surface area contributed by atoms with Gasteiger partial charge in [0.25, 0.3) is 5.91 Å². The first-order valence-corrected chi connectivity index (χ1v) is 11.1. The summed E-state index contributed by atoms with van der Waals surface area (Å²) in [6.07, 6.45) is -2.76. The molecule has 11 heteroatoms. The van der Waals surface area contributed by atoms with Gasteiger partial charge < -0.3 is 14.9 Å². The maximum absolute atomic E-state index is 13.3. The Morgan fingerprint density at radius 2 is 2.13 bits per heavy atom. The Balaban J connectivity index is 1.79. The molecule has 2 aliphatic rings. The molecular weight excluding hydrogens is 425 g/mol. The van der Waals surface area contributed by atoms with Crippen molar-refractivity contribution in [3.05, 3.63) is 29.8 Å². The molecule has 1 aromatic carbocycles. The number of nitrogens with zero attached hydrogens (tertiary/aromatic N) is 1. The number of oxime groups is 1. The standard InChI is InChI=1S/C19H23F3N2O5S/c1-2-18(30(26,27)15-5-3-4-13(10-15)19(20,21)22)8-9-28-16(11-18)17(25)23-12-24-29-14-6-7-14/h3-5,10,12,14,16H,2,6-9,11H2,1H3,(H,23,24,25). The van der Waals surface area contributed by atoms with Gasteiger partial charge in [-0.1, -0.05) is 18.1 Å². The summed E-state index contributed by atoms with van der Waals surface area (Å²) in [6, 6.07) is 3.67. The van der Waals surface area contributed by atoms with Gasteiger partial charge in [0.15, 0.2) is 9.84 Å². The minimum absolute atomic E-state index is 0.0141. The lowest BCUT2D eigenvalue weighted by atomic mass is 9.91. The Bertz CT molecular complexity index is 915. The molecule has 7 nitrogen and oxygen atoms in total. The van der Waals surface area contributed by atoms with E-state index in [0.717, 1.165) is 37.4 Å². The Kier molecular flexibility index (Phi) is 6.42. The van der Waals surface area contributed by atoms with Crippen molar-refractivity contribution in [3.8, 4) is 0 Å². The summed E-state index contributed by atoms with van der Waals surface area (Å²) in [5.41, 5.74) is -1.04. The van der Waals surface area contributed by atoms with Crippen LogP contribution in [-0.2, 0) is 30.4 Å². The van der Waals surface area contributed by atoms with Gasteiger partial charge in [0.1, 0.15) is 18.5 Å². The molecule has 166 valence electrons. The van der Waals surface area contributed by atoms with Gasteiger partial charge in [-0.3, -0.25) is 4.79 Å². The third kappa shape index (κ3) is 4.77. The number of benzene rings is 1. The van der Waals surface area contributed by atoms with Gasteiger partial charge in [0.05, 0.1) is 15.2 Å². The average molecular weight is 448 g/mol. The lowest BCUT2D eigenvalue weighted by Gasteiger charge is -2.39. The van der Waals surface area contributed by atoms with E-state index in [1.165, 1.54) is 0 Å². The van der Waals surface area contributed by atoms with E-state index in [-0.39, 0.29) is 32.0 Å². The molecule has 0 bridgehead atoms. The second kappa shape index (κ2) is 8.54. The summed E-state index contributed by atoms with van der Waals surface area (Å²) in [5.74, 6) is -0.588. The van der Waals surface area contributed by atoms with Gasteiger partial charge in [-0.15, -0.1) is 0 Å². The fourth-order valence-corrected chi connectivity index (χ4v) is 5.51. The van der Waals surface area contributed by atoms with Gasteiger partial charge in [-0.2, -0.15) is 13.2 Å². The average Bonchev–Trinajstić information content (AvgIpc) is 3.55. The SMILES string of the molecule is CCC1(S(=O)(=O)c2cccc(C(F)(F)F)c2)CCOC(C(=O)NC=NOC2CC2)C1. The Hall–Kier alpha value is -2.14. The smallest absolute Gasteiger partial charge is 0.391 e. The van der Waals surface area contributed by atoms with E-state index in [1.54, 1.807) is 6.92 Å². The first kappa shape index (κ1) is 22.5. The van der Waals surface area contributed by atoms with Crippen molar-refractivity contribution in [2.24, 2.45) is 5.16 Å². The van der Waals surface area contributed by atoms with Gasteiger partial charge in [0, 0.05) is 13.0 Å². The number of hydrogen-bond acceptors (Lipinski definition) is 6. The number of ether oxygens (including phenoxy) is 1. The van der Waals surface area contributed by atoms with Crippen molar-refractivity contribution in [1.82, 2.24) is 5.32 Å². The largest absolute Gasteiger partial charge is 0.416 e. The van der Waals surface area contributed by atoms with E-state index in [2.05, 4.69) is 10.5 Å². The highest BCUT2D eigenvalue weighted by atomic mass is 32.2. The number of alkyl halides is 3. The van der Waals surface area contributed by atoms with Crippen LogP contribution < -0.4 is 5.32 Å². The van der Waals surface area contributed by atoms with Crippen LogP contribution in [0.5, 0.6) is 0 Å². The number of carbonyl (C=O) groups excluding carboxylic acids is 1. The first-order chi connectivity index (χ1) is 14.1. The maximum atomic E-state index is 13.3. The molecule has 1 saturated carbocycles. The van der Waals surface area contributed by atoms with Crippen molar-refractivity contribution >= 4 is 22.1 Å². The van der Waals surface area contributed by atoms with Crippen LogP contribution in [0.3, 0.4) is 0 Å². The quantitative estimate of drug-likeness (QED) is 0.393. The second-order valence-corrected chi connectivity index (χ2v) is 9.77. The zero-order valence-corrected chi connectivity index (χ0v) is 17.1. The van der Waals surface area contributed by atoms with Crippen LogP contribution in [0.2, 0.25) is 0 Å². The highest BCUT2D eigenvalue weighted by molar-refractivity contribution is 7.92. The van der Waals surface area contributed by atoms with Gasteiger partial charge in [0.2, 0.25) is 0 Å². The van der Waals surface area contributed by atoms with Crippen LogP contribution in [0.4, 0.5) is 13.2 Å². The lowest BCUT2D eigenvalue weighted by Crippen LogP contribution is -2.51. The number of sulfone groups is 1. The summed E-state index contributed by atoms with van der Waals surface area (Å²) in [6.45, 7) is 1.62. The Labute approximate surface area is 172 Å². The van der Waals surface area contributed by atoms with Crippen LogP contribution in [0, 0.1) is 0 Å². The van der Waals surface area contributed by atoms with Crippen molar-refractivity contribution in [2.75, 3.05) is 6.61 Å². The third-order valence-electron chi connectivity index (χ3n) is 5.41. The molecule has 2 atom stereocenters.